The molecule has 0 saturated heterocycles. The molecule has 148 valence electrons. The number of halogens is 1. The van der Waals surface area contributed by atoms with Gasteiger partial charge in [-0.25, -0.2) is 4.98 Å². The number of aliphatic imine (C=N–C) groups is 1. The third-order valence-corrected chi connectivity index (χ3v) is 3.72. The molecule has 0 atom stereocenters. The molecule has 6 nitrogen and oxygen atoms in total. The summed E-state index contributed by atoms with van der Waals surface area (Å²) in [6.07, 6.45) is 2.79. The van der Waals surface area contributed by atoms with Crippen LogP contribution in [0.4, 0.5) is 0 Å². The summed E-state index contributed by atoms with van der Waals surface area (Å²) in [7, 11) is 3.45. The first kappa shape index (κ1) is 23.0. The number of nitrogens with one attached hydrogen (secondary N) is 2. The molecule has 1 heterocycles. The topological polar surface area (TPSA) is 67.8 Å². The Hall–Kier alpha value is -2.03. The summed E-state index contributed by atoms with van der Waals surface area (Å²) in [6.45, 7) is 5.37. The Balaban J connectivity index is 0.00000364. The van der Waals surface area contributed by atoms with Gasteiger partial charge < -0.3 is 20.1 Å². The maximum Gasteiger partial charge on any atom is 0.213 e. The van der Waals surface area contributed by atoms with Crippen molar-refractivity contribution >= 4 is 29.9 Å². The maximum atomic E-state index is 5.55. The highest BCUT2D eigenvalue weighted by Crippen LogP contribution is 2.17. The molecule has 2 aromatic rings. The van der Waals surface area contributed by atoms with Crippen molar-refractivity contribution in [2.75, 3.05) is 20.7 Å². The molecule has 0 bridgehead atoms. The van der Waals surface area contributed by atoms with E-state index in [1.165, 1.54) is 5.56 Å². The van der Waals surface area contributed by atoms with E-state index in [1.807, 2.05) is 50.4 Å². The molecule has 0 spiro atoms. The Morgan fingerprint density at radius 2 is 1.93 bits per heavy atom. The van der Waals surface area contributed by atoms with Crippen molar-refractivity contribution < 1.29 is 9.47 Å². The quantitative estimate of drug-likeness (QED) is 0.342. The molecule has 0 radical (unpaired) electrons. The number of para-hydroxylation sites is 1. The van der Waals surface area contributed by atoms with Gasteiger partial charge in [0, 0.05) is 32.4 Å². The molecule has 1 aromatic heterocycles. The smallest absolute Gasteiger partial charge is 0.213 e. The predicted molar refractivity (Wildman–Crippen MR) is 120 cm³/mol. The van der Waals surface area contributed by atoms with Crippen LogP contribution in [0.25, 0.3) is 0 Å². The van der Waals surface area contributed by atoms with Gasteiger partial charge in [-0.1, -0.05) is 24.3 Å². The second-order valence-corrected chi connectivity index (χ2v) is 6.09. The van der Waals surface area contributed by atoms with Gasteiger partial charge in [0.15, 0.2) is 5.96 Å². The summed E-state index contributed by atoms with van der Waals surface area (Å²) in [5.74, 6) is 2.30. The predicted octanol–water partition coefficient (Wildman–Crippen LogP) is 3.40. The van der Waals surface area contributed by atoms with Crippen LogP contribution in [0.3, 0.4) is 0 Å². The minimum absolute atomic E-state index is 0. The molecule has 0 amide bonds. The van der Waals surface area contributed by atoms with E-state index < -0.39 is 0 Å². The van der Waals surface area contributed by atoms with Gasteiger partial charge in [-0.05, 0) is 37.5 Å². The molecule has 0 aliphatic carbocycles. The number of methoxy groups -OCH3 is 1. The molecule has 0 aliphatic rings. The molecule has 0 saturated carbocycles. The van der Waals surface area contributed by atoms with Crippen LogP contribution in [0.1, 0.15) is 25.0 Å². The maximum absolute atomic E-state index is 5.55. The van der Waals surface area contributed by atoms with E-state index in [4.69, 9.17) is 9.47 Å². The highest BCUT2D eigenvalue weighted by Gasteiger charge is 2.04. The standard InChI is InChI=1S/C20H28N4O2.HI/c1-15(2)26-19-10-9-16(13-23-19)14-24-20(21-3)22-12-11-17-7-5-6-8-18(17)25-4;/h5-10,13,15H,11-12,14H2,1-4H3,(H2,21,22,24);1H. The van der Waals surface area contributed by atoms with Crippen molar-refractivity contribution in [3.63, 3.8) is 0 Å². The van der Waals surface area contributed by atoms with Gasteiger partial charge in [0.2, 0.25) is 5.88 Å². The van der Waals surface area contributed by atoms with Crippen LogP contribution in [0.5, 0.6) is 11.6 Å². The molecule has 27 heavy (non-hydrogen) atoms. The van der Waals surface area contributed by atoms with Crippen molar-refractivity contribution in [2.24, 2.45) is 4.99 Å². The number of nitrogens with zero attached hydrogens (tertiary/aromatic N) is 2. The van der Waals surface area contributed by atoms with E-state index in [0.717, 1.165) is 30.2 Å². The molecule has 0 fully saturated rings. The number of rotatable bonds is 8. The zero-order valence-corrected chi connectivity index (χ0v) is 18.7. The van der Waals surface area contributed by atoms with E-state index in [1.54, 1.807) is 14.2 Å². The Morgan fingerprint density at radius 3 is 2.56 bits per heavy atom. The third kappa shape index (κ3) is 8.03. The van der Waals surface area contributed by atoms with Crippen LogP contribution in [0.15, 0.2) is 47.6 Å². The van der Waals surface area contributed by atoms with Gasteiger partial charge in [-0.2, -0.15) is 0 Å². The average Bonchev–Trinajstić information content (AvgIpc) is 2.65. The van der Waals surface area contributed by atoms with Gasteiger partial charge in [-0.3, -0.25) is 4.99 Å². The van der Waals surface area contributed by atoms with E-state index in [-0.39, 0.29) is 30.1 Å². The minimum atomic E-state index is 0. The Kier molecular flexibility index (Phi) is 10.5. The first-order valence-electron chi connectivity index (χ1n) is 8.80. The van der Waals surface area contributed by atoms with Gasteiger partial charge in [0.25, 0.3) is 0 Å². The van der Waals surface area contributed by atoms with Gasteiger partial charge in [0.05, 0.1) is 13.2 Å². The fraction of sp³-hybridized carbons (Fsp3) is 0.400. The van der Waals surface area contributed by atoms with Crippen molar-refractivity contribution in [3.05, 3.63) is 53.7 Å². The first-order valence-corrected chi connectivity index (χ1v) is 8.80. The third-order valence-electron chi connectivity index (χ3n) is 3.72. The van der Waals surface area contributed by atoms with Crippen LogP contribution >= 0.6 is 24.0 Å². The van der Waals surface area contributed by atoms with Crippen molar-refractivity contribution in [1.82, 2.24) is 15.6 Å². The second kappa shape index (κ2) is 12.4. The monoisotopic (exact) mass is 484 g/mol. The number of guanidine groups is 1. The van der Waals surface area contributed by atoms with Gasteiger partial charge in [0.1, 0.15) is 5.75 Å². The zero-order chi connectivity index (χ0) is 18.8. The van der Waals surface area contributed by atoms with Crippen LogP contribution in [0.2, 0.25) is 0 Å². The zero-order valence-electron chi connectivity index (χ0n) is 16.4. The Labute approximate surface area is 178 Å². The summed E-state index contributed by atoms with van der Waals surface area (Å²) < 4.78 is 10.9. The van der Waals surface area contributed by atoms with Crippen LogP contribution in [-0.2, 0) is 13.0 Å². The van der Waals surface area contributed by atoms with Crippen molar-refractivity contribution in [3.8, 4) is 11.6 Å². The summed E-state index contributed by atoms with van der Waals surface area (Å²) in [5.41, 5.74) is 2.23. The lowest BCUT2D eigenvalue weighted by Crippen LogP contribution is -2.37. The Bertz CT molecular complexity index is 705. The summed E-state index contributed by atoms with van der Waals surface area (Å²) in [5, 5.41) is 6.60. The Morgan fingerprint density at radius 1 is 1.15 bits per heavy atom. The second-order valence-electron chi connectivity index (χ2n) is 6.09. The highest BCUT2D eigenvalue weighted by molar-refractivity contribution is 14.0. The molecule has 0 aliphatic heterocycles. The fourth-order valence-electron chi connectivity index (χ4n) is 2.46. The van der Waals surface area contributed by atoms with E-state index >= 15 is 0 Å². The molecule has 0 unspecified atom stereocenters. The van der Waals surface area contributed by atoms with Crippen LogP contribution < -0.4 is 20.1 Å². The number of benzene rings is 1. The van der Waals surface area contributed by atoms with Crippen LogP contribution in [0, 0.1) is 0 Å². The first-order chi connectivity index (χ1) is 12.6. The van der Waals surface area contributed by atoms with E-state index in [2.05, 4.69) is 26.7 Å². The van der Waals surface area contributed by atoms with Gasteiger partial charge >= 0.3 is 0 Å². The highest BCUT2D eigenvalue weighted by atomic mass is 127. The number of pyridine rings is 1. The SMILES string of the molecule is CN=C(NCCc1ccccc1OC)NCc1ccc(OC(C)C)nc1.I. The average molecular weight is 484 g/mol. The lowest BCUT2D eigenvalue weighted by molar-refractivity contribution is 0.232. The summed E-state index contributed by atoms with van der Waals surface area (Å²) in [6, 6.07) is 11.9. The number of hydrogen-bond donors (Lipinski definition) is 2. The summed E-state index contributed by atoms with van der Waals surface area (Å²) in [4.78, 5) is 8.56. The van der Waals surface area contributed by atoms with E-state index in [9.17, 15) is 0 Å². The van der Waals surface area contributed by atoms with Crippen LogP contribution in [-0.4, -0.2) is 37.7 Å². The molecule has 7 heteroatoms. The van der Waals surface area contributed by atoms with Crippen molar-refractivity contribution in [1.29, 1.82) is 0 Å². The number of hydrogen-bond acceptors (Lipinski definition) is 4. The molecular weight excluding hydrogens is 455 g/mol. The van der Waals surface area contributed by atoms with Gasteiger partial charge in [-0.15, -0.1) is 24.0 Å². The molecular formula is C20H29IN4O2. The van der Waals surface area contributed by atoms with Crippen molar-refractivity contribution in [2.45, 2.75) is 32.9 Å². The molecule has 2 N–H and O–H groups in total. The number of aromatic nitrogens is 1. The lowest BCUT2D eigenvalue weighted by Gasteiger charge is -2.13. The number of ether oxygens (including phenoxy) is 2. The lowest BCUT2D eigenvalue weighted by atomic mass is 10.1. The fourth-order valence-corrected chi connectivity index (χ4v) is 2.46. The molecule has 2 rings (SSSR count). The largest absolute Gasteiger partial charge is 0.496 e. The van der Waals surface area contributed by atoms with E-state index in [0.29, 0.717) is 12.4 Å². The summed E-state index contributed by atoms with van der Waals surface area (Å²) >= 11 is 0. The normalized spacial score (nSPS) is 10.9. The minimum Gasteiger partial charge on any atom is -0.496 e. The molecule has 1 aromatic carbocycles.